The van der Waals surface area contributed by atoms with E-state index in [1.54, 1.807) is 6.07 Å². The molecule has 1 saturated carbocycles. The molecule has 0 heterocycles. The Hall–Kier alpha value is -1.29. The summed E-state index contributed by atoms with van der Waals surface area (Å²) >= 11 is 5.71. The third-order valence-electron chi connectivity index (χ3n) is 2.58. The van der Waals surface area contributed by atoms with Crippen LogP contribution in [0.25, 0.3) is 0 Å². The van der Waals surface area contributed by atoms with Gasteiger partial charge in [0, 0.05) is 10.7 Å². The number of carbonyl (C=O) groups is 1. The number of anilines is 1. The van der Waals surface area contributed by atoms with Gasteiger partial charge in [0.15, 0.2) is 0 Å². The van der Waals surface area contributed by atoms with E-state index in [0.29, 0.717) is 10.7 Å². The zero-order valence-electron chi connectivity index (χ0n) is 8.54. The van der Waals surface area contributed by atoms with Gasteiger partial charge >= 0.3 is 0 Å². The zero-order valence-corrected chi connectivity index (χ0v) is 9.30. The van der Waals surface area contributed by atoms with Crippen molar-refractivity contribution in [3.8, 4) is 0 Å². The van der Waals surface area contributed by atoms with Crippen LogP contribution in [-0.4, -0.2) is 11.9 Å². The van der Waals surface area contributed by atoms with Gasteiger partial charge in [-0.3, -0.25) is 4.79 Å². The van der Waals surface area contributed by atoms with Crippen molar-refractivity contribution < 1.29 is 9.18 Å². The van der Waals surface area contributed by atoms with Gasteiger partial charge in [-0.1, -0.05) is 11.6 Å². The maximum absolute atomic E-state index is 13.1. The fraction of sp³-hybridized carbons (Fsp3) is 0.364. The maximum Gasteiger partial charge on any atom is 0.240 e. The van der Waals surface area contributed by atoms with E-state index in [4.69, 9.17) is 17.3 Å². The average Bonchev–Trinajstić information content (AvgIpc) is 2.95. The molecule has 5 heteroatoms. The smallest absolute Gasteiger partial charge is 0.240 e. The minimum absolute atomic E-state index is 0.263. The minimum atomic E-state index is -0.436. The summed E-state index contributed by atoms with van der Waals surface area (Å²) in [4.78, 5) is 11.2. The van der Waals surface area contributed by atoms with Crippen molar-refractivity contribution >= 4 is 23.2 Å². The Morgan fingerprint density at radius 2 is 2.19 bits per heavy atom. The molecule has 0 aliphatic heterocycles. The van der Waals surface area contributed by atoms with Crippen LogP contribution in [0.2, 0.25) is 5.02 Å². The molecule has 1 amide bonds. The molecule has 2 rings (SSSR count). The van der Waals surface area contributed by atoms with Gasteiger partial charge in [0.05, 0.1) is 0 Å². The number of carbonyl (C=O) groups excluding carboxylic acids is 1. The van der Waals surface area contributed by atoms with Crippen molar-refractivity contribution in [1.82, 2.24) is 0 Å². The normalized spacial score (nSPS) is 16.9. The van der Waals surface area contributed by atoms with Crippen LogP contribution < -0.4 is 11.1 Å². The molecular formula is C11H12ClFN2O. The van der Waals surface area contributed by atoms with Crippen molar-refractivity contribution in [2.24, 2.45) is 11.7 Å². The Bertz CT molecular complexity index is 400. The minimum Gasteiger partial charge on any atom is -0.373 e. The van der Waals surface area contributed by atoms with Crippen LogP contribution >= 0.6 is 11.6 Å². The molecule has 1 aliphatic carbocycles. The molecule has 1 unspecified atom stereocenters. The number of primary amides is 1. The second-order valence-electron chi connectivity index (χ2n) is 4.02. The van der Waals surface area contributed by atoms with Crippen molar-refractivity contribution in [1.29, 1.82) is 0 Å². The number of rotatable bonds is 4. The second-order valence-corrected chi connectivity index (χ2v) is 4.46. The highest BCUT2D eigenvalue weighted by molar-refractivity contribution is 6.30. The van der Waals surface area contributed by atoms with Gasteiger partial charge in [-0.2, -0.15) is 0 Å². The standard InChI is InChI=1S/C11H12ClFN2O/c12-7-3-8(13)5-9(4-7)15-10(11(14)16)6-1-2-6/h3-6,10,15H,1-2H2,(H2,14,16). The van der Waals surface area contributed by atoms with E-state index in [9.17, 15) is 9.18 Å². The molecule has 1 aromatic rings. The molecule has 0 radical (unpaired) electrons. The molecule has 0 spiro atoms. The van der Waals surface area contributed by atoms with Gasteiger partial charge in [-0.25, -0.2) is 4.39 Å². The van der Waals surface area contributed by atoms with Crippen molar-refractivity contribution in [3.05, 3.63) is 29.0 Å². The molecule has 0 bridgehead atoms. The first kappa shape index (κ1) is 11.2. The number of amides is 1. The van der Waals surface area contributed by atoms with Crippen LogP contribution in [0.4, 0.5) is 10.1 Å². The fourth-order valence-electron chi connectivity index (χ4n) is 1.67. The third kappa shape index (κ3) is 2.64. The maximum atomic E-state index is 13.1. The Kier molecular flexibility index (Phi) is 3.01. The lowest BCUT2D eigenvalue weighted by molar-refractivity contribution is -0.119. The summed E-state index contributed by atoms with van der Waals surface area (Å²) in [5.74, 6) is -0.587. The lowest BCUT2D eigenvalue weighted by Crippen LogP contribution is -2.37. The Labute approximate surface area is 97.8 Å². The monoisotopic (exact) mass is 242 g/mol. The summed E-state index contributed by atoms with van der Waals surface area (Å²) in [6, 6.07) is 3.65. The molecule has 0 saturated heterocycles. The summed E-state index contributed by atoms with van der Waals surface area (Å²) in [5.41, 5.74) is 5.76. The first-order valence-electron chi connectivity index (χ1n) is 5.08. The fourth-order valence-corrected chi connectivity index (χ4v) is 1.89. The van der Waals surface area contributed by atoms with Crippen LogP contribution in [0.1, 0.15) is 12.8 Å². The quantitative estimate of drug-likeness (QED) is 0.850. The van der Waals surface area contributed by atoms with Crippen LogP contribution in [0, 0.1) is 11.7 Å². The lowest BCUT2D eigenvalue weighted by atomic mass is 10.1. The summed E-state index contributed by atoms with van der Waals surface area (Å²) < 4.78 is 13.1. The summed E-state index contributed by atoms with van der Waals surface area (Å²) in [7, 11) is 0. The predicted octanol–water partition coefficient (Wildman–Crippen LogP) is 2.15. The molecule has 86 valence electrons. The highest BCUT2D eigenvalue weighted by Gasteiger charge is 2.34. The zero-order chi connectivity index (χ0) is 11.7. The molecule has 1 aliphatic rings. The van der Waals surface area contributed by atoms with Crippen LogP contribution in [0.3, 0.4) is 0 Å². The van der Waals surface area contributed by atoms with E-state index in [2.05, 4.69) is 5.32 Å². The first-order valence-corrected chi connectivity index (χ1v) is 5.46. The Balaban J connectivity index is 2.14. The van der Waals surface area contributed by atoms with Crippen LogP contribution in [0.15, 0.2) is 18.2 Å². The van der Waals surface area contributed by atoms with Gasteiger partial charge in [-0.05, 0) is 37.0 Å². The average molecular weight is 243 g/mol. The van der Waals surface area contributed by atoms with Crippen molar-refractivity contribution in [2.75, 3.05) is 5.32 Å². The molecule has 1 fully saturated rings. The van der Waals surface area contributed by atoms with Gasteiger partial charge < -0.3 is 11.1 Å². The molecule has 3 N–H and O–H groups in total. The van der Waals surface area contributed by atoms with Crippen LogP contribution in [0.5, 0.6) is 0 Å². The van der Waals surface area contributed by atoms with Gasteiger partial charge in [-0.15, -0.1) is 0 Å². The van der Waals surface area contributed by atoms with Crippen molar-refractivity contribution in [2.45, 2.75) is 18.9 Å². The van der Waals surface area contributed by atoms with E-state index in [-0.39, 0.29) is 5.92 Å². The van der Waals surface area contributed by atoms with E-state index in [0.717, 1.165) is 12.8 Å². The molecule has 0 aromatic heterocycles. The highest BCUT2D eigenvalue weighted by atomic mass is 35.5. The second kappa shape index (κ2) is 4.29. The first-order chi connectivity index (χ1) is 7.56. The molecule has 1 atom stereocenters. The van der Waals surface area contributed by atoms with Gasteiger partial charge in [0.2, 0.25) is 5.91 Å². The number of nitrogens with one attached hydrogen (secondary N) is 1. The summed E-state index contributed by atoms with van der Waals surface area (Å²) in [6.07, 6.45) is 1.95. The Morgan fingerprint density at radius 1 is 1.50 bits per heavy atom. The third-order valence-corrected chi connectivity index (χ3v) is 2.80. The van der Waals surface area contributed by atoms with Crippen LogP contribution in [-0.2, 0) is 4.79 Å². The van der Waals surface area contributed by atoms with E-state index in [1.165, 1.54) is 12.1 Å². The molecule has 16 heavy (non-hydrogen) atoms. The molecular weight excluding hydrogens is 231 g/mol. The van der Waals surface area contributed by atoms with E-state index >= 15 is 0 Å². The van der Waals surface area contributed by atoms with E-state index in [1.807, 2.05) is 0 Å². The van der Waals surface area contributed by atoms with Gasteiger partial charge in [0.1, 0.15) is 11.9 Å². The summed E-state index contributed by atoms with van der Waals surface area (Å²) in [6.45, 7) is 0. The summed E-state index contributed by atoms with van der Waals surface area (Å²) in [5, 5.41) is 3.22. The predicted molar refractivity (Wildman–Crippen MR) is 60.7 cm³/mol. The Morgan fingerprint density at radius 3 is 2.69 bits per heavy atom. The van der Waals surface area contributed by atoms with E-state index < -0.39 is 17.8 Å². The highest BCUT2D eigenvalue weighted by Crippen LogP contribution is 2.34. The topological polar surface area (TPSA) is 55.1 Å². The number of nitrogens with two attached hydrogens (primary N) is 1. The van der Waals surface area contributed by atoms with Gasteiger partial charge in [0.25, 0.3) is 0 Å². The number of halogens is 2. The number of hydrogen-bond acceptors (Lipinski definition) is 2. The molecule has 3 nitrogen and oxygen atoms in total. The number of benzene rings is 1. The van der Waals surface area contributed by atoms with Crippen molar-refractivity contribution in [3.63, 3.8) is 0 Å². The largest absolute Gasteiger partial charge is 0.373 e. The number of hydrogen-bond donors (Lipinski definition) is 2. The lowest BCUT2D eigenvalue weighted by Gasteiger charge is -2.16. The SMILES string of the molecule is NC(=O)C(Nc1cc(F)cc(Cl)c1)C1CC1. The molecule has 1 aromatic carbocycles.